The van der Waals surface area contributed by atoms with E-state index in [1.54, 1.807) is 4.68 Å². The Morgan fingerprint density at radius 3 is 2.36 bits per heavy atom. The van der Waals surface area contributed by atoms with Crippen LogP contribution in [0.5, 0.6) is 0 Å². The molecule has 4 aromatic rings. The normalized spacial score (nSPS) is 21.6. The van der Waals surface area contributed by atoms with E-state index in [1.807, 2.05) is 50.2 Å². The van der Waals surface area contributed by atoms with Crippen molar-refractivity contribution in [2.45, 2.75) is 37.5 Å². The van der Waals surface area contributed by atoms with Gasteiger partial charge in [-0.2, -0.15) is 10.2 Å². The first-order chi connectivity index (χ1) is 17.6. The Labute approximate surface area is 209 Å². The van der Waals surface area contributed by atoms with Gasteiger partial charge in [0.25, 0.3) is 0 Å². The minimum Gasteiger partial charge on any atom is -0.378 e. The first kappa shape index (κ1) is 23.0. The average molecular weight is 488 g/mol. The molecule has 0 unspecified atom stereocenters. The Morgan fingerprint density at radius 1 is 0.861 bits per heavy atom. The number of hydrogen-bond acceptors (Lipinski definition) is 6. The SMILES string of the molecule is Cn1cc(-c2cccc(-c3ncc(-c4cnn(C5CCN([C@@H]6CCOC[C@@H]6F)CC5)c4)cn3)c2)cn1. The van der Waals surface area contributed by atoms with Gasteiger partial charge < -0.3 is 4.74 Å². The van der Waals surface area contributed by atoms with Crippen LogP contribution in [0, 0.1) is 0 Å². The second-order valence-corrected chi connectivity index (χ2v) is 9.70. The molecule has 0 bridgehead atoms. The molecule has 0 aliphatic carbocycles. The molecule has 8 nitrogen and oxygen atoms in total. The molecule has 0 amide bonds. The molecule has 2 aliphatic rings. The highest BCUT2D eigenvalue weighted by Crippen LogP contribution is 2.29. The summed E-state index contributed by atoms with van der Waals surface area (Å²) in [5, 5.41) is 8.90. The lowest BCUT2D eigenvalue weighted by molar-refractivity contribution is -0.0361. The molecular formula is C27H30FN7O. The molecule has 1 aromatic carbocycles. The third-order valence-electron chi connectivity index (χ3n) is 7.34. The van der Waals surface area contributed by atoms with E-state index in [-0.39, 0.29) is 12.6 Å². The van der Waals surface area contributed by atoms with Crippen molar-refractivity contribution >= 4 is 0 Å². The van der Waals surface area contributed by atoms with Gasteiger partial charge in [0.1, 0.15) is 6.17 Å². The number of hydrogen-bond donors (Lipinski definition) is 0. The number of nitrogens with zero attached hydrogens (tertiary/aromatic N) is 7. The first-order valence-corrected chi connectivity index (χ1v) is 12.6. The molecule has 0 saturated carbocycles. The van der Waals surface area contributed by atoms with Gasteiger partial charge in [0.05, 0.1) is 25.0 Å². The molecule has 0 radical (unpaired) electrons. The van der Waals surface area contributed by atoms with E-state index in [0.717, 1.165) is 60.2 Å². The van der Waals surface area contributed by atoms with E-state index >= 15 is 0 Å². The summed E-state index contributed by atoms with van der Waals surface area (Å²) in [6.07, 6.45) is 13.3. The standard InChI is InChI=1S/C27H30FN7O/c1-33-16-22(14-31-33)19-3-2-4-20(11-19)27-29-12-21(13-30-27)23-15-32-35(17-23)24-5-8-34(9-6-24)26-7-10-36-18-25(26)28/h2-4,11-17,24-26H,5-10,18H2,1H3/t25-,26+/m0/s1. The van der Waals surface area contributed by atoms with Crippen molar-refractivity contribution in [1.82, 2.24) is 34.4 Å². The van der Waals surface area contributed by atoms with Crippen molar-refractivity contribution in [2.24, 2.45) is 7.05 Å². The molecule has 0 N–H and O–H groups in total. The maximum atomic E-state index is 14.3. The van der Waals surface area contributed by atoms with Crippen LogP contribution in [-0.2, 0) is 11.8 Å². The largest absolute Gasteiger partial charge is 0.378 e. The summed E-state index contributed by atoms with van der Waals surface area (Å²) < 4.78 is 23.4. The lowest BCUT2D eigenvalue weighted by Gasteiger charge is -2.40. The molecule has 2 aliphatic heterocycles. The third kappa shape index (κ3) is 4.68. The molecule has 9 heteroatoms. The summed E-state index contributed by atoms with van der Waals surface area (Å²) in [6, 6.07) is 8.50. The predicted octanol–water partition coefficient (Wildman–Crippen LogP) is 4.17. The minimum absolute atomic E-state index is 0.00593. The van der Waals surface area contributed by atoms with Gasteiger partial charge in [-0.25, -0.2) is 14.4 Å². The number of halogens is 1. The Balaban J connectivity index is 1.12. The Kier molecular flexibility index (Phi) is 6.33. The predicted molar refractivity (Wildman–Crippen MR) is 135 cm³/mol. The Hall–Kier alpha value is -3.43. The van der Waals surface area contributed by atoms with Gasteiger partial charge in [0.15, 0.2) is 5.82 Å². The van der Waals surface area contributed by atoms with Crippen LogP contribution in [0.15, 0.2) is 61.4 Å². The van der Waals surface area contributed by atoms with E-state index in [1.165, 1.54) is 0 Å². The summed E-state index contributed by atoms with van der Waals surface area (Å²) >= 11 is 0. The van der Waals surface area contributed by atoms with Gasteiger partial charge in [-0.15, -0.1) is 0 Å². The van der Waals surface area contributed by atoms with E-state index < -0.39 is 6.17 Å². The molecule has 6 rings (SSSR count). The fraction of sp³-hybridized carbons (Fsp3) is 0.407. The van der Waals surface area contributed by atoms with Gasteiger partial charge in [-0.3, -0.25) is 14.3 Å². The molecule has 2 fully saturated rings. The number of piperidine rings is 1. The van der Waals surface area contributed by atoms with Gasteiger partial charge in [-0.05, 0) is 30.9 Å². The van der Waals surface area contributed by atoms with Crippen molar-refractivity contribution < 1.29 is 9.13 Å². The fourth-order valence-electron chi connectivity index (χ4n) is 5.31. The van der Waals surface area contributed by atoms with Crippen molar-refractivity contribution in [1.29, 1.82) is 0 Å². The van der Waals surface area contributed by atoms with Crippen LogP contribution in [-0.4, -0.2) is 72.9 Å². The smallest absolute Gasteiger partial charge is 0.159 e. The highest BCUT2D eigenvalue weighted by atomic mass is 19.1. The highest BCUT2D eigenvalue weighted by Gasteiger charge is 2.33. The molecular weight excluding hydrogens is 457 g/mol. The van der Waals surface area contributed by atoms with Crippen LogP contribution in [0.1, 0.15) is 25.3 Å². The van der Waals surface area contributed by atoms with Crippen molar-refractivity contribution in [3.05, 3.63) is 61.4 Å². The van der Waals surface area contributed by atoms with Crippen LogP contribution in [0.3, 0.4) is 0 Å². The highest BCUT2D eigenvalue weighted by molar-refractivity contribution is 5.70. The molecule has 5 heterocycles. The second kappa shape index (κ2) is 9.91. The molecule has 0 spiro atoms. The summed E-state index contributed by atoms with van der Waals surface area (Å²) in [4.78, 5) is 11.6. The lowest BCUT2D eigenvalue weighted by atomic mass is 9.99. The van der Waals surface area contributed by atoms with Gasteiger partial charge in [-0.1, -0.05) is 18.2 Å². The molecule has 36 heavy (non-hydrogen) atoms. The molecule has 2 saturated heterocycles. The first-order valence-electron chi connectivity index (χ1n) is 12.6. The van der Waals surface area contributed by atoms with Crippen LogP contribution in [0.4, 0.5) is 4.39 Å². The van der Waals surface area contributed by atoms with E-state index in [4.69, 9.17) is 4.74 Å². The molecule has 2 atom stereocenters. The van der Waals surface area contributed by atoms with Gasteiger partial charge in [0, 0.05) is 79.8 Å². The Morgan fingerprint density at radius 2 is 1.61 bits per heavy atom. The summed E-state index contributed by atoms with van der Waals surface area (Å²) in [5.74, 6) is 0.684. The van der Waals surface area contributed by atoms with Crippen molar-refractivity contribution in [2.75, 3.05) is 26.3 Å². The van der Waals surface area contributed by atoms with E-state index in [9.17, 15) is 4.39 Å². The zero-order valence-electron chi connectivity index (χ0n) is 20.4. The van der Waals surface area contributed by atoms with E-state index in [2.05, 4.69) is 48.1 Å². The van der Waals surface area contributed by atoms with Crippen molar-refractivity contribution in [3.63, 3.8) is 0 Å². The quantitative estimate of drug-likeness (QED) is 0.421. The number of benzene rings is 1. The maximum Gasteiger partial charge on any atom is 0.159 e. The lowest BCUT2D eigenvalue weighted by Crippen LogP contribution is -2.50. The topological polar surface area (TPSA) is 73.9 Å². The summed E-state index contributed by atoms with van der Waals surface area (Å²) in [5.41, 5.74) is 5.05. The van der Waals surface area contributed by atoms with Crippen LogP contribution >= 0.6 is 0 Å². The van der Waals surface area contributed by atoms with Crippen LogP contribution in [0.2, 0.25) is 0 Å². The number of ether oxygens (including phenoxy) is 1. The van der Waals surface area contributed by atoms with Crippen LogP contribution in [0.25, 0.3) is 33.6 Å². The third-order valence-corrected chi connectivity index (χ3v) is 7.34. The number of alkyl halides is 1. The minimum atomic E-state index is -0.882. The van der Waals surface area contributed by atoms with Crippen LogP contribution < -0.4 is 0 Å². The number of rotatable bonds is 5. The van der Waals surface area contributed by atoms with E-state index in [0.29, 0.717) is 18.5 Å². The fourth-order valence-corrected chi connectivity index (χ4v) is 5.31. The number of aromatic nitrogens is 6. The van der Waals surface area contributed by atoms with Gasteiger partial charge in [0.2, 0.25) is 0 Å². The zero-order valence-corrected chi connectivity index (χ0v) is 20.4. The maximum absolute atomic E-state index is 14.3. The summed E-state index contributed by atoms with van der Waals surface area (Å²) in [7, 11) is 1.91. The molecule has 3 aromatic heterocycles. The number of aryl methyl sites for hydroxylation is 1. The monoisotopic (exact) mass is 487 g/mol. The zero-order chi connectivity index (χ0) is 24.5. The molecule has 186 valence electrons. The van der Waals surface area contributed by atoms with Gasteiger partial charge >= 0.3 is 0 Å². The summed E-state index contributed by atoms with van der Waals surface area (Å²) in [6.45, 7) is 2.66. The average Bonchev–Trinajstić information content (AvgIpc) is 3.59. The Bertz CT molecular complexity index is 1310. The second-order valence-electron chi connectivity index (χ2n) is 9.70. The van der Waals surface area contributed by atoms with Crippen molar-refractivity contribution in [3.8, 4) is 33.6 Å². The number of likely N-dealkylation sites (tertiary alicyclic amines) is 1.